The highest BCUT2D eigenvalue weighted by Crippen LogP contribution is 2.25. The second-order valence-corrected chi connectivity index (χ2v) is 4.67. The SMILES string of the molecule is Cc1cc(Br)ccc1Oc1cnc(CCl)cn1. The molecule has 0 bridgehead atoms. The highest BCUT2D eigenvalue weighted by atomic mass is 79.9. The van der Waals surface area contributed by atoms with Crippen LogP contribution in [0.25, 0.3) is 0 Å². The lowest BCUT2D eigenvalue weighted by molar-refractivity contribution is 0.456. The van der Waals surface area contributed by atoms with E-state index in [9.17, 15) is 0 Å². The van der Waals surface area contributed by atoms with Crippen LogP contribution in [-0.2, 0) is 5.88 Å². The Balaban J connectivity index is 2.19. The number of hydrogen-bond acceptors (Lipinski definition) is 3. The maximum absolute atomic E-state index is 5.63. The zero-order valence-corrected chi connectivity index (χ0v) is 11.5. The van der Waals surface area contributed by atoms with E-state index in [0.717, 1.165) is 21.5 Å². The highest BCUT2D eigenvalue weighted by molar-refractivity contribution is 9.10. The lowest BCUT2D eigenvalue weighted by Gasteiger charge is -2.07. The molecule has 0 amide bonds. The second kappa shape index (κ2) is 5.47. The van der Waals surface area contributed by atoms with Gasteiger partial charge in [-0.15, -0.1) is 11.6 Å². The third-order valence-corrected chi connectivity index (χ3v) is 2.94. The minimum Gasteiger partial charge on any atom is -0.437 e. The minimum atomic E-state index is 0.352. The van der Waals surface area contributed by atoms with Crippen molar-refractivity contribution >= 4 is 27.5 Å². The van der Waals surface area contributed by atoms with E-state index in [2.05, 4.69) is 25.9 Å². The molecule has 0 atom stereocenters. The molecule has 0 fully saturated rings. The molecule has 0 radical (unpaired) electrons. The Kier molecular flexibility index (Phi) is 3.97. The van der Waals surface area contributed by atoms with Gasteiger partial charge in [0.2, 0.25) is 5.88 Å². The number of halogens is 2. The predicted octanol–water partition coefficient (Wildman–Crippen LogP) is 4.08. The molecule has 0 saturated carbocycles. The van der Waals surface area contributed by atoms with Gasteiger partial charge in [-0.25, -0.2) is 4.98 Å². The van der Waals surface area contributed by atoms with Crippen molar-refractivity contribution in [3.05, 3.63) is 46.3 Å². The summed E-state index contributed by atoms with van der Waals surface area (Å²) in [5.41, 5.74) is 1.76. The van der Waals surface area contributed by atoms with Gasteiger partial charge >= 0.3 is 0 Å². The zero-order valence-electron chi connectivity index (χ0n) is 9.15. The van der Waals surface area contributed by atoms with Gasteiger partial charge in [0.15, 0.2) is 0 Å². The first-order chi connectivity index (χ1) is 8.19. The molecule has 88 valence electrons. The van der Waals surface area contributed by atoms with Gasteiger partial charge in [-0.05, 0) is 30.7 Å². The molecule has 0 aliphatic heterocycles. The van der Waals surface area contributed by atoms with Crippen molar-refractivity contribution in [1.82, 2.24) is 9.97 Å². The number of nitrogens with zero attached hydrogens (tertiary/aromatic N) is 2. The Bertz CT molecular complexity index is 516. The van der Waals surface area contributed by atoms with Crippen LogP contribution in [0.5, 0.6) is 11.6 Å². The Labute approximate surface area is 113 Å². The van der Waals surface area contributed by atoms with E-state index in [4.69, 9.17) is 16.3 Å². The van der Waals surface area contributed by atoms with Crippen molar-refractivity contribution in [3.8, 4) is 11.6 Å². The molecule has 1 aromatic heterocycles. The van der Waals surface area contributed by atoms with Crippen LogP contribution in [0.4, 0.5) is 0 Å². The van der Waals surface area contributed by atoms with E-state index in [-0.39, 0.29) is 0 Å². The van der Waals surface area contributed by atoms with Gasteiger partial charge in [-0.2, -0.15) is 0 Å². The summed E-state index contributed by atoms with van der Waals surface area (Å²) in [7, 11) is 0. The molecule has 5 heteroatoms. The number of ether oxygens (including phenoxy) is 1. The molecule has 2 rings (SSSR count). The summed E-state index contributed by atoms with van der Waals surface area (Å²) in [6, 6.07) is 5.79. The lowest BCUT2D eigenvalue weighted by atomic mass is 10.2. The molecule has 0 unspecified atom stereocenters. The van der Waals surface area contributed by atoms with Crippen molar-refractivity contribution in [1.29, 1.82) is 0 Å². The van der Waals surface area contributed by atoms with Crippen LogP contribution >= 0.6 is 27.5 Å². The summed E-state index contributed by atoms with van der Waals surface area (Å²) in [5.74, 6) is 1.58. The first-order valence-corrected chi connectivity index (χ1v) is 6.32. The first-order valence-electron chi connectivity index (χ1n) is 5.00. The third-order valence-electron chi connectivity index (χ3n) is 2.17. The average Bonchev–Trinajstić information content (AvgIpc) is 2.34. The predicted molar refractivity (Wildman–Crippen MR) is 70.5 cm³/mol. The standard InChI is InChI=1S/C12H10BrClN2O/c1-8-4-9(13)2-3-11(8)17-12-7-15-10(5-14)6-16-12/h2-4,6-7H,5H2,1H3. The van der Waals surface area contributed by atoms with Crippen LogP contribution < -0.4 is 4.74 Å². The number of aryl methyl sites for hydroxylation is 1. The molecule has 2 aromatic rings. The first kappa shape index (κ1) is 12.3. The number of hydrogen-bond donors (Lipinski definition) is 0. The fourth-order valence-corrected chi connectivity index (χ4v) is 1.92. The van der Waals surface area contributed by atoms with E-state index in [1.807, 2.05) is 25.1 Å². The zero-order chi connectivity index (χ0) is 12.3. The maximum Gasteiger partial charge on any atom is 0.237 e. The fraction of sp³-hybridized carbons (Fsp3) is 0.167. The van der Waals surface area contributed by atoms with E-state index >= 15 is 0 Å². The summed E-state index contributed by atoms with van der Waals surface area (Å²) in [5, 5.41) is 0. The molecule has 1 heterocycles. The lowest BCUT2D eigenvalue weighted by Crippen LogP contribution is -1.93. The molecular formula is C12H10BrClN2O. The normalized spacial score (nSPS) is 10.3. The number of aromatic nitrogens is 2. The van der Waals surface area contributed by atoms with Gasteiger partial charge in [0.25, 0.3) is 0 Å². The van der Waals surface area contributed by atoms with Gasteiger partial charge in [-0.3, -0.25) is 4.98 Å². The van der Waals surface area contributed by atoms with Crippen LogP contribution in [0.3, 0.4) is 0 Å². The smallest absolute Gasteiger partial charge is 0.237 e. The summed E-state index contributed by atoms with van der Waals surface area (Å²) in [6.07, 6.45) is 3.18. The van der Waals surface area contributed by atoms with Gasteiger partial charge in [0.05, 0.1) is 24.0 Å². The Hall–Kier alpha value is -1.13. The van der Waals surface area contributed by atoms with Crippen LogP contribution in [0.15, 0.2) is 35.1 Å². The number of rotatable bonds is 3. The van der Waals surface area contributed by atoms with E-state index < -0.39 is 0 Å². The number of alkyl halides is 1. The third kappa shape index (κ3) is 3.17. The van der Waals surface area contributed by atoms with E-state index in [0.29, 0.717) is 11.8 Å². The van der Waals surface area contributed by atoms with Gasteiger partial charge in [-0.1, -0.05) is 15.9 Å². The molecular weight excluding hydrogens is 304 g/mol. The quantitative estimate of drug-likeness (QED) is 0.801. The molecule has 0 saturated heterocycles. The second-order valence-electron chi connectivity index (χ2n) is 3.49. The fourth-order valence-electron chi connectivity index (χ4n) is 1.30. The van der Waals surface area contributed by atoms with Crippen LogP contribution in [0, 0.1) is 6.92 Å². The average molecular weight is 314 g/mol. The van der Waals surface area contributed by atoms with Crippen LogP contribution in [0.2, 0.25) is 0 Å². The highest BCUT2D eigenvalue weighted by Gasteiger charge is 2.03. The summed E-state index contributed by atoms with van der Waals surface area (Å²) >= 11 is 9.04. The van der Waals surface area contributed by atoms with Gasteiger partial charge in [0.1, 0.15) is 5.75 Å². The molecule has 0 spiro atoms. The van der Waals surface area contributed by atoms with Crippen LogP contribution in [0.1, 0.15) is 11.3 Å². The minimum absolute atomic E-state index is 0.352. The van der Waals surface area contributed by atoms with Crippen molar-refractivity contribution in [2.75, 3.05) is 0 Å². The molecule has 1 aromatic carbocycles. The molecule has 17 heavy (non-hydrogen) atoms. The number of benzene rings is 1. The molecule has 3 nitrogen and oxygen atoms in total. The summed E-state index contributed by atoms with van der Waals surface area (Å²) in [6.45, 7) is 1.97. The molecule has 0 aliphatic rings. The van der Waals surface area contributed by atoms with Crippen molar-refractivity contribution in [2.45, 2.75) is 12.8 Å². The van der Waals surface area contributed by atoms with Gasteiger partial charge in [0, 0.05) is 4.47 Å². The van der Waals surface area contributed by atoms with Crippen molar-refractivity contribution in [3.63, 3.8) is 0 Å². The molecule has 0 N–H and O–H groups in total. The van der Waals surface area contributed by atoms with Gasteiger partial charge < -0.3 is 4.74 Å². The van der Waals surface area contributed by atoms with Crippen molar-refractivity contribution in [2.24, 2.45) is 0 Å². The Morgan fingerprint density at radius 3 is 2.71 bits per heavy atom. The van der Waals surface area contributed by atoms with E-state index in [1.165, 1.54) is 0 Å². The van der Waals surface area contributed by atoms with Crippen molar-refractivity contribution < 1.29 is 4.74 Å². The monoisotopic (exact) mass is 312 g/mol. The topological polar surface area (TPSA) is 35.0 Å². The molecule has 0 aliphatic carbocycles. The summed E-state index contributed by atoms with van der Waals surface area (Å²) < 4.78 is 6.65. The summed E-state index contributed by atoms with van der Waals surface area (Å²) in [4.78, 5) is 8.24. The Morgan fingerprint density at radius 1 is 1.29 bits per heavy atom. The van der Waals surface area contributed by atoms with E-state index in [1.54, 1.807) is 12.4 Å². The van der Waals surface area contributed by atoms with Crippen LogP contribution in [-0.4, -0.2) is 9.97 Å². The largest absolute Gasteiger partial charge is 0.437 e. The Morgan fingerprint density at radius 2 is 2.12 bits per heavy atom. The maximum atomic E-state index is 5.63.